The van der Waals surface area contributed by atoms with Gasteiger partial charge in [0, 0.05) is 17.8 Å². The van der Waals surface area contributed by atoms with E-state index in [0.717, 1.165) is 33.7 Å². The number of hydrogen-bond donors (Lipinski definition) is 3. The van der Waals surface area contributed by atoms with E-state index in [0.29, 0.717) is 12.1 Å². The Kier molecular flexibility index (Phi) is 6.22. The zero-order valence-electron chi connectivity index (χ0n) is 15.5. The van der Waals surface area contributed by atoms with Crippen LogP contribution < -0.4 is 15.4 Å². The number of carbonyl (C=O) groups is 2. The number of rotatable bonds is 6. The Hall–Kier alpha value is -3.02. The molecule has 2 aromatic rings. The summed E-state index contributed by atoms with van der Waals surface area (Å²) in [6.45, 7) is 5.80. The molecule has 0 aliphatic carbocycles. The zero-order chi connectivity index (χ0) is 19.3. The lowest BCUT2D eigenvalue weighted by Crippen LogP contribution is -2.21. The molecule has 2 amide bonds. The lowest BCUT2D eigenvalue weighted by Gasteiger charge is -2.17. The van der Waals surface area contributed by atoms with Crippen LogP contribution in [0.25, 0.3) is 0 Å². The molecule has 0 aliphatic heterocycles. The van der Waals surface area contributed by atoms with Crippen molar-refractivity contribution in [1.82, 2.24) is 0 Å². The highest BCUT2D eigenvalue weighted by molar-refractivity contribution is 6.01. The first kappa shape index (κ1) is 19.3. The summed E-state index contributed by atoms with van der Waals surface area (Å²) in [5, 5.41) is 14.5. The Morgan fingerprint density at radius 3 is 2.46 bits per heavy atom. The van der Waals surface area contributed by atoms with Crippen molar-refractivity contribution in [2.75, 3.05) is 17.7 Å². The number of amides is 2. The number of methoxy groups -OCH3 is 1. The number of carbonyl (C=O) groups excluding carboxylic acids is 1. The number of nitrogens with one attached hydrogen (secondary N) is 2. The fourth-order valence-electron chi connectivity index (χ4n) is 2.78. The maximum atomic E-state index is 12.4. The van der Waals surface area contributed by atoms with E-state index < -0.39 is 5.97 Å². The van der Waals surface area contributed by atoms with Crippen molar-refractivity contribution in [3.8, 4) is 5.75 Å². The number of hydrogen-bond acceptors (Lipinski definition) is 3. The second kappa shape index (κ2) is 8.38. The molecule has 0 spiro atoms. The molecule has 26 heavy (non-hydrogen) atoms. The van der Waals surface area contributed by atoms with Crippen LogP contribution in [0.15, 0.2) is 30.3 Å². The maximum absolute atomic E-state index is 12.4. The summed E-state index contributed by atoms with van der Waals surface area (Å²) in [7, 11) is 1.62. The van der Waals surface area contributed by atoms with Gasteiger partial charge in [-0.25, -0.2) is 4.79 Å². The fraction of sp³-hybridized carbons (Fsp3) is 0.300. The highest BCUT2D eigenvalue weighted by atomic mass is 16.5. The van der Waals surface area contributed by atoms with Gasteiger partial charge in [0.05, 0.1) is 7.11 Å². The summed E-state index contributed by atoms with van der Waals surface area (Å²) in [6, 6.07) is 8.72. The highest BCUT2D eigenvalue weighted by Gasteiger charge is 2.13. The van der Waals surface area contributed by atoms with E-state index in [9.17, 15) is 9.59 Å². The minimum Gasteiger partial charge on any atom is -0.496 e. The van der Waals surface area contributed by atoms with E-state index in [1.54, 1.807) is 25.3 Å². The molecule has 6 heteroatoms. The molecule has 2 aromatic carbocycles. The van der Waals surface area contributed by atoms with Crippen LogP contribution in [0.5, 0.6) is 5.75 Å². The normalized spacial score (nSPS) is 10.3. The quantitative estimate of drug-likeness (QED) is 0.721. The zero-order valence-corrected chi connectivity index (χ0v) is 15.5. The number of aliphatic carboxylic acids is 1. The van der Waals surface area contributed by atoms with Gasteiger partial charge in [0.25, 0.3) is 0 Å². The molecular formula is C20H24N2O4. The Morgan fingerprint density at radius 2 is 1.81 bits per heavy atom. The van der Waals surface area contributed by atoms with Crippen LogP contribution in [0, 0.1) is 20.8 Å². The molecule has 0 bridgehead atoms. The van der Waals surface area contributed by atoms with Crippen molar-refractivity contribution >= 4 is 23.4 Å². The molecule has 6 nitrogen and oxygen atoms in total. The van der Waals surface area contributed by atoms with Crippen LogP contribution in [-0.4, -0.2) is 24.2 Å². The Balaban J connectivity index is 2.11. The Bertz CT molecular complexity index is 831. The topological polar surface area (TPSA) is 87.7 Å². The third kappa shape index (κ3) is 4.75. The second-order valence-electron chi connectivity index (χ2n) is 6.19. The third-order valence-corrected chi connectivity index (χ3v) is 4.32. The maximum Gasteiger partial charge on any atom is 0.323 e. The van der Waals surface area contributed by atoms with Gasteiger partial charge in [0.1, 0.15) is 5.75 Å². The average molecular weight is 356 g/mol. The van der Waals surface area contributed by atoms with Gasteiger partial charge < -0.3 is 20.5 Å². The molecule has 3 N–H and O–H groups in total. The van der Waals surface area contributed by atoms with Gasteiger partial charge in [0.2, 0.25) is 0 Å². The molecule has 0 radical (unpaired) electrons. The lowest BCUT2D eigenvalue weighted by molar-refractivity contribution is -0.136. The van der Waals surface area contributed by atoms with Gasteiger partial charge in [-0.15, -0.1) is 0 Å². The Labute approximate surface area is 153 Å². The summed E-state index contributed by atoms with van der Waals surface area (Å²) in [6.07, 6.45) is 0.474. The van der Waals surface area contributed by atoms with Crippen molar-refractivity contribution in [2.45, 2.75) is 33.6 Å². The third-order valence-electron chi connectivity index (χ3n) is 4.32. The summed E-state index contributed by atoms with van der Waals surface area (Å²) in [5.41, 5.74) is 5.07. The molecule has 0 aromatic heterocycles. The predicted molar refractivity (Wildman–Crippen MR) is 102 cm³/mol. The van der Waals surface area contributed by atoms with Gasteiger partial charge in [0.15, 0.2) is 0 Å². The number of carboxylic acid groups (broad SMARTS) is 1. The first-order chi connectivity index (χ1) is 12.3. The first-order valence-corrected chi connectivity index (χ1v) is 8.35. The van der Waals surface area contributed by atoms with Crippen LogP contribution in [0.2, 0.25) is 0 Å². The van der Waals surface area contributed by atoms with Crippen LogP contribution in [0.3, 0.4) is 0 Å². The standard InChI is InChI=1S/C20H24N2O4/c1-12-10-17(26-4)13(2)14(3)19(12)22-20(25)21-16-7-5-6-15(11-16)8-9-18(23)24/h5-7,10-11H,8-9H2,1-4H3,(H,23,24)(H2,21,22,25). The summed E-state index contributed by atoms with van der Waals surface area (Å²) >= 11 is 0. The van der Waals surface area contributed by atoms with E-state index in [2.05, 4.69) is 10.6 Å². The minimum absolute atomic E-state index is 0.0547. The van der Waals surface area contributed by atoms with Gasteiger partial charge >= 0.3 is 12.0 Å². The molecule has 0 aliphatic rings. The SMILES string of the molecule is COc1cc(C)c(NC(=O)Nc2cccc(CCC(=O)O)c2)c(C)c1C. The minimum atomic E-state index is -0.845. The average Bonchev–Trinajstić information content (AvgIpc) is 2.60. The molecule has 0 atom stereocenters. The Morgan fingerprint density at radius 1 is 1.08 bits per heavy atom. The molecule has 0 saturated heterocycles. The monoisotopic (exact) mass is 356 g/mol. The van der Waals surface area contributed by atoms with Crippen LogP contribution in [0.4, 0.5) is 16.2 Å². The summed E-state index contributed by atoms with van der Waals surface area (Å²) in [4.78, 5) is 23.1. The van der Waals surface area contributed by atoms with Crippen LogP contribution in [-0.2, 0) is 11.2 Å². The first-order valence-electron chi connectivity index (χ1n) is 8.35. The molecule has 0 fully saturated rings. The summed E-state index contributed by atoms with van der Waals surface area (Å²) < 4.78 is 5.35. The number of ether oxygens (including phenoxy) is 1. The van der Waals surface area contributed by atoms with Crippen LogP contribution >= 0.6 is 0 Å². The predicted octanol–water partition coefficient (Wildman–Crippen LogP) is 4.28. The van der Waals surface area contributed by atoms with E-state index in [1.165, 1.54) is 0 Å². The highest BCUT2D eigenvalue weighted by Crippen LogP contribution is 2.31. The van der Waals surface area contributed by atoms with Gasteiger partial charge in [-0.05, 0) is 67.6 Å². The number of benzene rings is 2. The lowest BCUT2D eigenvalue weighted by atomic mass is 10.0. The van der Waals surface area contributed by atoms with Crippen molar-refractivity contribution in [3.63, 3.8) is 0 Å². The van der Waals surface area contributed by atoms with Crippen molar-refractivity contribution < 1.29 is 19.4 Å². The van der Waals surface area contributed by atoms with Gasteiger partial charge in [-0.2, -0.15) is 0 Å². The molecular weight excluding hydrogens is 332 g/mol. The van der Waals surface area contributed by atoms with Gasteiger partial charge in [-0.1, -0.05) is 12.1 Å². The number of carboxylic acids is 1. The smallest absolute Gasteiger partial charge is 0.323 e. The molecule has 0 heterocycles. The van der Waals surface area contributed by atoms with Crippen molar-refractivity contribution in [2.24, 2.45) is 0 Å². The fourth-order valence-corrected chi connectivity index (χ4v) is 2.78. The van der Waals surface area contributed by atoms with E-state index >= 15 is 0 Å². The largest absolute Gasteiger partial charge is 0.496 e. The molecule has 0 saturated carbocycles. The number of anilines is 2. The number of urea groups is 1. The molecule has 2 rings (SSSR count). The van der Waals surface area contributed by atoms with Crippen molar-refractivity contribution in [1.29, 1.82) is 0 Å². The van der Waals surface area contributed by atoms with E-state index in [4.69, 9.17) is 9.84 Å². The van der Waals surface area contributed by atoms with Crippen LogP contribution in [0.1, 0.15) is 28.7 Å². The van der Waals surface area contributed by atoms with E-state index in [1.807, 2.05) is 32.9 Å². The second-order valence-corrected chi connectivity index (χ2v) is 6.19. The molecule has 138 valence electrons. The molecule has 0 unspecified atom stereocenters. The van der Waals surface area contributed by atoms with E-state index in [-0.39, 0.29) is 12.5 Å². The number of aryl methyl sites for hydroxylation is 2. The van der Waals surface area contributed by atoms with Gasteiger partial charge in [-0.3, -0.25) is 4.79 Å². The van der Waals surface area contributed by atoms with Crippen molar-refractivity contribution in [3.05, 3.63) is 52.6 Å². The summed E-state index contributed by atoms with van der Waals surface area (Å²) in [5.74, 6) is -0.0565.